The van der Waals surface area contributed by atoms with Crippen molar-refractivity contribution in [1.29, 1.82) is 0 Å². The van der Waals surface area contributed by atoms with Gasteiger partial charge < -0.3 is 15.0 Å². The lowest BCUT2D eigenvalue weighted by Gasteiger charge is -2.29. The number of hydrogen-bond acceptors (Lipinski definition) is 5. The highest BCUT2D eigenvalue weighted by Gasteiger charge is 2.39. The molecule has 2 aliphatic rings. The number of nitrogens with zero attached hydrogens (tertiary/aromatic N) is 2. The molecule has 2 aromatic rings. The van der Waals surface area contributed by atoms with Crippen LogP contribution in [0, 0.1) is 13.8 Å². The Morgan fingerprint density at radius 3 is 2.21 bits per heavy atom. The van der Waals surface area contributed by atoms with Gasteiger partial charge >= 0.3 is 0 Å². The van der Waals surface area contributed by atoms with Gasteiger partial charge in [0, 0.05) is 24.5 Å². The first-order chi connectivity index (χ1) is 13.5. The van der Waals surface area contributed by atoms with E-state index in [1.807, 2.05) is 56.3 Å². The summed E-state index contributed by atoms with van der Waals surface area (Å²) in [7, 11) is 0. The molecule has 0 radical (unpaired) electrons. The molecule has 2 saturated heterocycles. The Labute approximate surface area is 165 Å². The fourth-order valence-electron chi connectivity index (χ4n) is 3.89. The number of carbonyl (C=O) groups excluding carboxylic acids is 2. The van der Waals surface area contributed by atoms with Crippen LogP contribution < -0.4 is 15.1 Å². The van der Waals surface area contributed by atoms with Crippen LogP contribution in [-0.2, 0) is 14.3 Å². The minimum absolute atomic E-state index is 0.164. The van der Waals surface area contributed by atoms with E-state index in [1.54, 1.807) is 0 Å². The SMILES string of the molecule is Cc1cc(C)cc(N2C(=O)C[C@H](Nc3ccc(N4CCOCC4)cc3)C2=O)c1. The molecule has 2 aliphatic heterocycles. The maximum Gasteiger partial charge on any atom is 0.256 e. The third-order valence-electron chi connectivity index (χ3n) is 5.20. The lowest BCUT2D eigenvalue weighted by atomic mass is 10.1. The van der Waals surface area contributed by atoms with Crippen LogP contribution in [0.15, 0.2) is 42.5 Å². The number of hydrogen-bond donors (Lipinski definition) is 1. The fraction of sp³-hybridized carbons (Fsp3) is 0.364. The van der Waals surface area contributed by atoms with Crippen molar-refractivity contribution < 1.29 is 14.3 Å². The second kappa shape index (κ2) is 7.64. The molecule has 2 aromatic carbocycles. The average Bonchev–Trinajstić information content (AvgIpc) is 2.95. The largest absolute Gasteiger partial charge is 0.378 e. The Morgan fingerprint density at radius 1 is 0.929 bits per heavy atom. The van der Waals surface area contributed by atoms with Crippen LogP contribution in [0.4, 0.5) is 17.1 Å². The van der Waals surface area contributed by atoms with Crippen molar-refractivity contribution in [2.75, 3.05) is 41.4 Å². The fourth-order valence-corrected chi connectivity index (χ4v) is 3.89. The van der Waals surface area contributed by atoms with Crippen molar-refractivity contribution in [2.24, 2.45) is 0 Å². The molecular formula is C22H25N3O3. The lowest BCUT2D eigenvalue weighted by Crippen LogP contribution is -2.36. The number of amides is 2. The number of imide groups is 1. The zero-order chi connectivity index (χ0) is 19.7. The van der Waals surface area contributed by atoms with E-state index in [4.69, 9.17) is 4.74 Å². The minimum atomic E-state index is -0.539. The summed E-state index contributed by atoms with van der Waals surface area (Å²) in [5, 5.41) is 3.22. The smallest absolute Gasteiger partial charge is 0.256 e. The summed E-state index contributed by atoms with van der Waals surface area (Å²) in [5.74, 6) is -0.371. The molecule has 0 aromatic heterocycles. The van der Waals surface area contributed by atoms with Crippen molar-refractivity contribution in [3.05, 3.63) is 53.6 Å². The highest BCUT2D eigenvalue weighted by atomic mass is 16.5. The molecule has 0 aliphatic carbocycles. The van der Waals surface area contributed by atoms with Gasteiger partial charge in [0.2, 0.25) is 5.91 Å². The number of carbonyl (C=O) groups is 2. The highest BCUT2D eigenvalue weighted by molar-refractivity contribution is 6.23. The van der Waals surface area contributed by atoms with Crippen LogP contribution in [0.2, 0.25) is 0 Å². The van der Waals surface area contributed by atoms with Gasteiger partial charge in [-0.3, -0.25) is 9.59 Å². The molecule has 1 N–H and O–H groups in total. The monoisotopic (exact) mass is 379 g/mol. The van der Waals surface area contributed by atoms with E-state index in [2.05, 4.69) is 10.2 Å². The third kappa shape index (κ3) is 3.73. The van der Waals surface area contributed by atoms with Gasteiger partial charge in [0.1, 0.15) is 6.04 Å². The summed E-state index contributed by atoms with van der Waals surface area (Å²) in [6.07, 6.45) is 0.164. The van der Waals surface area contributed by atoms with E-state index >= 15 is 0 Å². The second-order valence-corrected chi connectivity index (χ2v) is 7.46. The molecule has 0 bridgehead atoms. The second-order valence-electron chi connectivity index (χ2n) is 7.46. The summed E-state index contributed by atoms with van der Waals surface area (Å²) in [5.41, 5.74) is 4.70. The Kier molecular flexibility index (Phi) is 5.05. The first-order valence-corrected chi connectivity index (χ1v) is 9.66. The van der Waals surface area contributed by atoms with E-state index in [0.717, 1.165) is 48.8 Å². The quantitative estimate of drug-likeness (QED) is 0.828. The molecular weight excluding hydrogens is 354 g/mol. The molecule has 2 fully saturated rings. The van der Waals surface area contributed by atoms with E-state index in [9.17, 15) is 9.59 Å². The van der Waals surface area contributed by atoms with E-state index in [-0.39, 0.29) is 18.2 Å². The van der Waals surface area contributed by atoms with E-state index in [1.165, 1.54) is 4.90 Å². The van der Waals surface area contributed by atoms with Crippen molar-refractivity contribution >= 4 is 28.9 Å². The topological polar surface area (TPSA) is 61.9 Å². The first-order valence-electron chi connectivity index (χ1n) is 9.66. The van der Waals surface area contributed by atoms with Gasteiger partial charge in [0.25, 0.3) is 5.91 Å². The van der Waals surface area contributed by atoms with Crippen molar-refractivity contribution in [2.45, 2.75) is 26.3 Å². The molecule has 0 spiro atoms. The first kappa shape index (κ1) is 18.5. The molecule has 2 heterocycles. The van der Waals surface area contributed by atoms with Gasteiger partial charge in [-0.25, -0.2) is 4.90 Å². The van der Waals surface area contributed by atoms with Crippen molar-refractivity contribution in [3.63, 3.8) is 0 Å². The minimum Gasteiger partial charge on any atom is -0.378 e. The highest BCUT2D eigenvalue weighted by Crippen LogP contribution is 2.27. The predicted molar refractivity (Wildman–Crippen MR) is 110 cm³/mol. The zero-order valence-corrected chi connectivity index (χ0v) is 16.3. The maximum atomic E-state index is 12.9. The van der Waals surface area contributed by atoms with Gasteiger partial charge in [0.05, 0.1) is 25.3 Å². The summed E-state index contributed by atoms with van der Waals surface area (Å²) < 4.78 is 5.39. The Morgan fingerprint density at radius 2 is 1.57 bits per heavy atom. The maximum absolute atomic E-state index is 12.9. The third-order valence-corrected chi connectivity index (χ3v) is 5.20. The Hall–Kier alpha value is -2.86. The van der Waals surface area contributed by atoms with Crippen LogP contribution >= 0.6 is 0 Å². The summed E-state index contributed by atoms with van der Waals surface area (Å²) in [6, 6.07) is 13.2. The van der Waals surface area contributed by atoms with Gasteiger partial charge in [-0.1, -0.05) is 6.07 Å². The predicted octanol–water partition coefficient (Wildman–Crippen LogP) is 2.88. The Bertz CT molecular complexity index is 868. The zero-order valence-electron chi connectivity index (χ0n) is 16.3. The van der Waals surface area contributed by atoms with Crippen molar-refractivity contribution in [3.8, 4) is 0 Å². The van der Waals surface area contributed by atoms with Gasteiger partial charge in [-0.15, -0.1) is 0 Å². The number of ether oxygens (including phenoxy) is 1. The summed E-state index contributed by atoms with van der Waals surface area (Å²) >= 11 is 0. The number of morpholine rings is 1. The normalized spacial score (nSPS) is 20.0. The van der Waals surface area contributed by atoms with Crippen LogP contribution in [0.3, 0.4) is 0 Å². The molecule has 6 heteroatoms. The number of aryl methyl sites for hydroxylation is 2. The van der Waals surface area contributed by atoms with Gasteiger partial charge in [-0.2, -0.15) is 0 Å². The molecule has 146 valence electrons. The van der Waals surface area contributed by atoms with Gasteiger partial charge in [0.15, 0.2) is 0 Å². The van der Waals surface area contributed by atoms with Gasteiger partial charge in [-0.05, 0) is 61.4 Å². The number of rotatable bonds is 4. The standard InChI is InChI=1S/C22H25N3O3/c1-15-11-16(2)13-19(12-15)25-21(26)14-20(22(25)27)23-17-3-5-18(6-4-17)24-7-9-28-10-8-24/h3-6,11-13,20,23H,7-10,14H2,1-2H3/t20-/m0/s1. The lowest BCUT2D eigenvalue weighted by molar-refractivity contribution is -0.121. The molecule has 2 amide bonds. The van der Waals surface area contributed by atoms with Crippen molar-refractivity contribution in [1.82, 2.24) is 0 Å². The Balaban J connectivity index is 1.46. The van der Waals surface area contributed by atoms with Crippen LogP contribution in [0.25, 0.3) is 0 Å². The van der Waals surface area contributed by atoms with E-state index < -0.39 is 6.04 Å². The molecule has 28 heavy (non-hydrogen) atoms. The number of benzene rings is 2. The number of nitrogens with one attached hydrogen (secondary N) is 1. The number of anilines is 3. The van der Waals surface area contributed by atoms with Crippen LogP contribution in [0.1, 0.15) is 17.5 Å². The average molecular weight is 379 g/mol. The molecule has 1 atom stereocenters. The van der Waals surface area contributed by atoms with Crippen LogP contribution in [-0.4, -0.2) is 44.2 Å². The van der Waals surface area contributed by atoms with Crippen LogP contribution in [0.5, 0.6) is 0 Å². The summed E-state index contributed by atoms with van der Waals surface area (Å²) in [6.45, 7) is 7.18. The molecule has 0 unspecified atom stereocenters. The van der Waals surface area contributed by atoms with E-state index in [0.29, 0.717) is 5.69 Å². The molecule has 6 nitrogen and oxygen atoms in total. The molecule has 0 saturated carbocycles. The molecule has 4 rings (SSSR count). The summed E-state index contributed by atoms with van der Waals surface area (Å²) in [4.78, 5) is 29.0.